The first-order valence-electron chi connectivity index (χ1n) is 11.9. The predicted octanol–water partition coefficient (Wildman–Crippen LogP) is 4.32. The molecule has 176 valence electrons. The summed E-state index contributed by atoms with van der Waals surface area (Å²) < 4.78 is 0. The van der Waals surface area contributed by atoms with Crippen molar-refractivity contribution < 1.29 is 14.4 Å². The Morgan fingerprint density at radius 1 is 0.943 bits per heavy atom. The smallest absolute Gasteiger partial charge is 0.305 e. The van der Waals surface area contributed by atoms with Gasteiger partial charge in [0.1, 0.15) is 0 Å². The van der Waals surface area contributed by atoms with Crippen LogP contribution < -0.4 is 9.77 Å². The first kappa shape index (κ1) is 21.3. The zero-order chi connectivity index (χ0) is 24.0. The number of aromatic amines is 1. The maximum Gasteiger partial charge on any atom is 0.305 e. The van der Waals surface area contributed by atoms with Crippen LogP contribution in [0.5, 0.6) is 0 Å². The number of hydrogen-bond donors (Lipinski definition) is 1. The minimum atomic E-state index is -0.328. The van der Waals surface area contributed by atoms with Crippen LogP contribution >= 0.6 is 23.1 Å². The van der Waals surface area contributed by atoms with Gasteiger partial charge in [-0.1, -0.05) is 41.7 Å². The van der Waals surface area contributed by atoms with Crippen LogP contribution in [0.1, 0.15) is 40.1 Å². The number of thiazole rings is 1. The quantitative estimate of drug-likeness (QED) is 0.426. The number of anilines is 1. The Morgan fingerprint density at radius 3 is 2.31 bits per heavy atom. The van der Waals surface area contributed by atoms with Gasteiger partial charge in [-0.2, -0.15) is 0 Å². The van der Waals surface area contributed by atoms with Gasteiger partial charge in [-0.3, -0.25) is 24.1 Å². The lowest BCUT2D eigenvalue weighted by atomic mass is 9.68. The molecule has 3 fully saturated rings. The van der Waals surface area contributed by atoms with Gasteiger partial charge in [0.15, 0.2) is 5.78 Å². The highest BCUT2D eigenvalue weighted by molar-refractivity contribution is 8.00. The van der Waals surface area contributed by atoms with Gasteiger partial charge in [0.25, 0.3) is 0 Å². The molecule has 2 aliphatic heterocycles. The van der Waals surface area contributed by atoms with Crippen LogP contribution in [-0.4, -0.2) is 27.8 Å². The fourth-order valence-electron chi connectivity index (χ4n) is 7.15. The van der Waals surface area contributed by atoms with Crippen LogP contribution in [-0.2, 0) is 9.59 Å². The summed E-state index contributed by atoms with van der Waals surface area (Å²) in [6, 6.07) is 17.0. The summed E-state index contributed by atoms with van der Waals surface area (Å²) in [6.07, 6.45) is 0.870. The first-order chi connectivity index (χ1) is 16.9. The third-order valence-electron chi connectivity index (χ3n) is 8.41. The number of H-pyrrole nitrogens is 1. The lowest BCUT2D eigenvalue weighted by Gasteiger charge is -2.43. The molecule has 7 rings (SSSR count). The lowest BCUT2D eigenvalue weighted by Crippen LogP contribution is -2.42. The minimum absolute atomic E-state index is 0.0455. The van der Waals surface area contributed by atoms with E-state index in [2.05, 4.69) is 17.1 Å². The number of Topliss-reactive ketones (excluding diaryl/α,β-unsaturated/α-hetero) is 1. The molecule has 1 saturated heterocycles. The minimum Gasteiger partial charge on any atom is -0.307 e. The molecule has 35 heavy (non-hydrogen) atoms. The molecule has 7 atom stereocenters. The van der Waals surface area contributed by atoms with E-state index in [9.17, 15) is 19.2 Å². The molecule has 2 amide bonds. The van der Waals surface area contributed by atoms with Gasteiger partial charge < -0.3 is 4.98 Å². The summed E-state index contributed by atoms with van der Waals surface area (Å²) in [5.74, 6) is -0.508. The molecule has 8 heteroatoms. The van der Waals surface area contributed by atoms with E-state index in [4.69, 9.17) is 0 Å². The van der Waals surface area contributed by atoms with E-state index in [1.807, 2.05) is 18.2 Å². The van der Waals surface area contributed by atoms with Gasteiger partial charge in [-0.25, -0.2) is 0 Å². The van der Waals surface area contributed by atoms with Crippen molar-refractivity contribution in [1.82, 2.24) is 4.98 Å². The number of nitrogens with zero attached hydrogens (tertiary/aromatic N) is 1. The second-order valence-corrected chi connectivity index (χ2v) is 12.2. The van der Waals surface area contributed by atoms with Gasteiger partial charge in [0.2, 0.25) is 11.8 Å². The van der Waals surface area contributed by atoms with Crippen molar-refractivity contribution >= 4 is 46.4 Å². The summed E-state index contributed by atoms with van der Waals surface area (Å²) in [4.78, 5) is 56.8. The first-order valence-corrected chi connectivity index (χ1v) is 13.6. The van der Waals surface area contributed by atoms with E-state index in [-0.39, 0.29) is 63.2 Å². The van der Waals surface area contributed by atoms with Gasteiger partial charge in [-0.15, -0.1) is 11.8 Å². The van der Waals surface area contributed by atoms with Crippen LogP contribution in [0.2, 0.25) is 0 Å². The number of nitrogens with one attached hydrogen (secondary N) is 1. The van der Waals surface area contributed by atoms with Crippen molar-refractivity contribution in [2.45, 2.75) is 29.5 Å². The van der Waals surface area contributed by atoms with E-state index in [0.29, 0.717) is 11.3 Å². The average molecular weight is 503 g/mol. The number of fused-ring (bicyclic) bond motifs is 9. The second-order valence-electron chi connectivity index (χ2n) is 9.99. The molecule has 0 unspecified atom stereocenters. The van der Waals surface area contributed by atoms with Gasteiger partial charge in [0.05, 0.1) is 22.5 Å². The number of aromatic nitrogens is 1. The summed E-state index contributed by atoms with van der Waals surface area (Å²) in [5.41, 5.74) is 2.26. The summed E-state index contributed by atoms with van der Waals surface area (Å²) in [7, 11) is 0. The van der Waals surface area contributed by atoms with Crippen molar-refractivity contribution in [3.05, 3.63) is 80.3 Å². The SMILES string of the molecule is CC(=O)c1ccc(N2C(=O)[C@@H]3[C@H]4C[C@H]([C@@H]5Sc6[nH]c(=O)sc6[C@@H](c6ccccc6)[C@H]45)[C@@H]3C2=O)cc1. The van der Waals surface area contributed by atoms with Crippen molar-refractivity contribution in [1.29, 1.82) is 0 Å². The molecular weight excluding hydrogens is 480 g/mol. The van der Waals surface area contributed by atoms with Crippen LogP contribution in [0, 0.1) is 29.6 Å². The fraction of sp³-hybridized carbons (Fsp3) is 0.333. The lowest BCUT2D eigenvalue weighted by molar-refractivity contribution is -0.123. The number of rotatable bonds is 3. The Labute approximate surface area is 209 Å². The van der Waals surface area contributed by atoms with Crippen molar-refractivity contribution in [3.63, 3.8) is 0 Å². The molecule has 2 aromatic carbocycles. The average Bonchev–Trinajstić information content (AvgIpc) is 3.58. The number of carbonyl (C=O) groups is 3. The normalized spacial score (nSPS) is 32.5. The summed E-state index contributed by atoms with van der Waals surface area (Å²) in [5, 5.41) is 1.11. The second kappa shape index (κ2) is 7.51. The van der Waals surface area contributed by atoms with Crippen molar-refractivity contribution in [2.75, 3.05) is 4.90 Å². The van der Waals surface area contributed by atoms with Gasteiger partial charge in [0, 0.05) is 21.6 Å². The Bertz CT molecular complexity index is 1440. The molecule has 2 bridgehead atoms. The number of imide groups is 1. The third-order valence-corrected chi connectivity index (χ3v) is 11.0. The maximum atomic E-state index is 13.8. The van der Waals surface area contributed by atoms with Crippen molar-refractivity contribution in [3.8, 4) is 0 Å². The molecule has 0 radical (unpaired) electrons. The zero-order valence-corrected chi connectivity index (χ0v) is 20.5. The van der Waals surface area contributed by atoms with Crippen LogP contribution in [0.4, 0.5) is 5.69 Å². The Morgan fingerprint density at radius 2 is 1.63 bits per heavy atom. The number of hydrogen-bond acceptors (Lipinski definition) is 6. The molecule has 6 nitrogen and oxygen atoms in total. The predicted molar refractivity (Wildman–Crippen MR) is 134 cm³/mol. The van der Waals surface area contributed by atoms with Crippen molar-refractivity contribution in [2.24, 2.45) is 29.6 Å². The number of thioether (sulfide) groups is 1. The Balaban J connectivity index is 1.29. The highest BCUT2D eigenvalue weighted by atomic mass is 32.2. The van der Waals surface area contributed by atoms with E-state index in [0.717, 1.165) is 21.9 Å². The highest BCUT2D eigenvalue weighted by Crippen LogP contribution is 2.68. The summed E-state index contributed by atoms with van der Waals surface area (Å²) >= 11 is 2.97. The molecule has 3 heterocycles. The third kappa shape index (κ3) is 2.90. The molecule has 3 aromatic rings. The van der Waals surface area contributed by atoms with E-state index in [1.54, 1.807) is 36.0 Å². The number of benzene rings is 2. The van der Waals surface area contributed by atoms with Crippen LogP contribution in [0.15, 0.2) is 64.4 Å². The molecule has 2 saturated carbocycles. The van der Waals surface area contributed by atoms with Crippen LogP contribution in [0.3, 0.4) is 0 Å². The van der Waals surface area contributed by atoms with E-state index >= 15 is 0 Å². The monoisotopic (exact) mass is 502 g/mol. The molecule has 4 aliphatic rings. The number of ketones is 1. The topological polar surface area (TPSA) is 87.3 Å². The molecule has 1 aromatic heterocycles. The van der Waals surface area contributed by atoms with Gasteiger partial charge in [-0.05, 0) is 60.9 Å². The molecule has 0 spiro atoms. The molecule has 2 aliphatic carbocycles. The fourth-order valence-corrected chi connectivity index (χ4v) is 10.0. The maximum absolute atomic E-state index is 13.8. The molecular formula is C27H22N2O4S2. The molecule has 1 N–H and O–H groups in total. The Kier molecular flexibility index (Phi) is 4.58. The zero-order valence-electron chi connectivity index (χ0n) is 18.8. The number of amides is 2. The Hall–Kier alpha value is -2.97. The van der Waals surface area contributed by atoms with Gasteiger partial charge >= 0.3 is 4.87 Å². The summed E-state index contributed by atoms with van der Waals surface area (Å²) in [6.45, 7) is 1.50. The van der Waals surface area contributed by atoms with E-state index < -0.39 is 0 Å². The highest BCUT2D eigenvalue weighted by Gasteiger charge is 2.69. The van der Waals surface area contributed by atoms with E-state index in [1.165, 1.54) is 23.2 Å². The standard InChI is InChI=1S/C27H22N2O4S2/c1-12(30)13-7-9-15(10-8-13)29-25(31)20-16-11-17(21(20)26(29)32)22-19(16)18(14-5-3-2-4-6-14)23-24(34-22)28-27(33)35-23/h2-10,16-22H,11H2,1H3,(H,28,33)/t16-,17-,18-,19-,20+,21-,22-/m0/s1. The number of carbonyl (C=O) groups excluding carboxylic acids is 3. The van der Waals surface area contributed by atoms with Crippen LogP contribution in [0.25, 0.3) is 0 Å². The largest absolute Gasteiger partial charge is 0.307 e.